The van der Waals surface area contributed by atoms with Crippen LogP contribution < -0.4 is 19.5 Å². The van der Waals surface area contributed by atoms with Gasteiger partial charge in [-0.1, -0.05) is 35.9 Å². The highest BCUT2D eigenvalue weighted by atomic mass is 35.5. The summed E-state index contributed by atoms with van der Waals surface area (Å²) in [5.74, 6) is 1.07. The van der Waals surface area contributed by atoms with Gasteiger partial charge in [0.25, 0.3) is 5.91 Å². The first-order valence-electron chi connectivity index (χ1n) is 9.63. The molecule has 1 aliphatic heterocycles. The van der Waals surface area contributed by atoms with E-state index in [2.05, 4.69) is 5.32 Å². The third-order valence-electron chi connectivity index (χ3n) is 4.34. The number of hydrogen-bond acceptors (Lipinski definition) is 6. The molecule has 3 aromatic rings. The van der Waals surface area contributed by atoms with E-state index in [0.29, 0.717) is 33.7 Å². The normalized spacial score (nSPS) is 11.9. The van der Waals surface area contributed by atoms with E-state index >= 15 is 0 Å². The molecule has 0 spiro atoms. The molecule has 0 atom stereocenters. The molecule has 0 bridgehead atoms. The second-order valence-corrected chi connectivity index (χ2v) is 7.09. The summed E-state index contributed by atoms with van der Waals surface area (Å²) in [5, 5.41) is 3.07. The maximum Gasteiger partial charge on any atom is 0.331 e. The van der Waals surface area contributed by atoms with Crippen LogP contribution in [0.3, 0.4) is 0 Å². The smallest absolute Gasteiger partial charge is 0.331 e. The number of carbonyl (C=O) groups is 2. The molecule has 0 aliphatic carbocycles. The summed E-state index contributed by atoms with van der Waals surface area (Å²) in [6, 6.07) is 19.2. The Balaban J connectivity index is 1.32. The van der Waals surface area contributed by atoms with Gasteiger partial charge in [-0.25, -0.2) is 4.79 Å². The highest BCUT2D eigenvalue weighted by Crippen LogP contribution is 2.33. The van der Waals surface area contributed by atoms with Gasteiger partial charge in [-0.15, -0.1) is 0 Å². The number of fused-ring (bicyclic) bond motifs is 1. The van der Waals surface area contributed by atoms with E-state index in [0.717, 1.165) is 5.56 Å². The standard InChI is InChI=1S/C24H18ClNO6/c25-17-8-10-20(32-18-4-2-1-3-5-18)19(13-17)26-23(27)14-29-24(28)11-7-16-6-9-21-22(12-16)31-15-30-21/h1-13H,14-15H2,(H,26,27)/b11-7+. The highest BCUT2D eigenvalue weighted by Gasteiger charge is 2.13. The first-order chi connectivity index (χ1) is 15.6. The van der Waals surface area contributed by atoms with Crippen LogP contribution >= 0.6 is 11.6 Å². The molecule has 1 N–H and O–H groups in total. The first kappa shape index (κ1) is 21.3. The molecule has 1 amide bonds. The number of carbonyl (C=O) groups excluding carboxylic acids is 2. The average Bonchev–Trinajstić information content (AvgIpc) is 3.27. The number of ether oxygens (including phenoxy) is 4. The summed E-state index contributed by atoms with van der Waals surface area (Å²) < 4.78 is 21.3. The van der Waals surface area contributed by atoms with E-state index in [9.17, 15) is 9.59 Å². The number of hydrogen-bond donors (Lipinski definition) is 1. The Morgan fingerprint density at radius 2 is 1.81 bits per heavy atom. The number of rotatable bonds is 7. The van der Waals surface area contributed by atoms with Crippen LogP contribution in [0.5, 0.6) is 23.0 Å². The van der Waals surface area contributed by atoms with Gasteiger partial charge >= 0.3 is 5.97 Å². The van der Waals surface area contributed by atoms with Crippen LogP contribution in [-0.4, -0.2) is 25.3 Å². The molecule has 0 unspecified atom stereocenters. The number of para-hydroxylation sites is 1. The first-order valence-corrected chi connectivity index (χ1v) is 10.0. The fourth-order valence-electron chi connectivity index (χ4n) is 2.86. The Kier molecular flexibility index (Phi) is 6.57. The number of anilines is 1. The van der Waals surface area contributed by atoms with Crippen molar-refractivity contribution in [1.82, 2.24) is 0 Å². The molecule has 0 aromatic heterocycles. The lowest BCUT2D eigenvalue weighted by Gasteiger charge is -2.12. The van der Waals surface area contributed by atoms with Crippen LogP contribution in [0, 0.1) is 0 Å². The predicted octanol–water partition coefficient (Wildman–Crippen LogP) is 5.06. The Morgan fingerprint density at radius 1 is 1.00 bits per heavy atom. The lowest BCUT2D eigenvalue weighted by Crippen LogP contribution is -2.20. The van der Waals surface area contributed by atoms with Gasteiger partial charge in [-0.3, -0.25) is 4.79 Å². The van der Waals surface area contributed by atoms with Crippen molar-refractivity contribution in [3.63, 3.8) is 0 Å². The zero-order valence-electron chi connectivity index (χ0n) is 16.7. The van der Waals surface area contributed by atoms with Gasteiger partial charge in [0.1, 0.15) is 5.75 Å². The molecule has 162 valence electrons. The molecule has 1 heterocycles. The van der Waals surface area contributed by atoms with Gasteiger partial charge < -0.3 is 24.3 Å². The maximum atomic E-state index is 12.3. The molecule has 4 rings (SSSR count). The summed E-state index contributed by atoms with van der Waals surface area (Å²) in [6.07, 6.45) is 2.79. The minimum absolute atomic E-state index is 0.171. The fourth-order valence-corrected chi connectivity index (χ4v) is 3.03. The van der Waals surface area contributed by atoms with Crippen LogP contribution in [0.1, 0.15) is 5.56 Å². The van der Waals surface area contributed by atoms with Crippen LogP contribution in [-0.2, 0) is 14.3 Å². The Hall–Kier alpha value is -3.97. The maximum absolute atomic E-state index is 12.3. The van der Waals surface area contributed by atoms with Crippen LogP contribution in [0.4, 0.5) is 5.69 Å². The molecular formula is C24H18ClNO6. The van der Waals surface area contributed by atoms with E-state index in [1.165, 1.54) is 6.08 Å². The van der Waals surface area contributed by atoms with Crippen molar-refractivity contribution in [3.05, 3.63) is 83.4 Å². The van der Waals surface area contributed by atoms with Gasteiger partial charge in [0, 0.05) is 11.1 Å². The number of amides is 1. The van der Waals surface area contributed by atoms with Crippen LogP contribution in [0.2, 0.25) is 5.02 Å². The quantitative estimate of drug-likeness (QED) is 0.399. The average molecular weight is 452 g/mol. The summed E-state index contributed by atoms with van der Waals surface area (Å²) in [7, 11) is 0. The molecule has 7 nitrogen and oxygen atoms in total. The van der Waals surface area contributed by atoms with Crippen molar-refractivity contribution < 1.29 is 28.5 Å². The van der Waals surface area contributed by atoms with E-state index in [1.54, 1.807) is 54.6 Å². The van der Waals surface area contributed by atoms with Gasteiger partial charge in [0.2, 0.25) is 6.79 Å². The fraction of sp³-hybridized carbons (Fsp3) is 0.0833. The van der Waals surface area contributed by atoms with Gasteiger partial charge in [-0.2, -0.15) is 0 Å². The summed E-state index contributed by atoms with van der Waals surface area (Å²) >= 11 is 6.05. The van der Waals surface area contributed by atoms with Crippen LogP contribution in [0.15, 0.2) is 72.8 Å². The number of benzene rings is 3. The third-order valence-corrected chi connectivity index (χ3v) is 4.58. The molecular weight excluding hydrogens is 434 g/mol. The zero-order chi connectivity index (χ0) is 22.3. The predicted molar refractivity (Wildman–Crippen MR) is 119 cm³/mol. The zero-order valence-corrected chi connectivity index (χ0v) is 17.5. The van der Waals surface area contributed by atoms with E-state index in [-0.39, 0.29) is 6.79 Å². The highest BCUT2D eigenvalue weighted by molar-refractivity contribution is 6.31. The largest absolute Gasteiger partial charge is 0.455 e. The van der Waals surface area contributed by atoms with Crippen LogP contribution in [0.25, 0.3) is 6.08 Å². The van der Waals surface area contributed by atoms with Crippen molar-refractivity contribution in [2.45, 2.75) is 0 Å². The van der Waals surface area contributed by atoms with Crippen molar-refractivity contribution >= 4 is 35.2 Å². The van der Waals surface area contributed by atoms with Gasteiger partial charge in [0.15, 0.2) is 23.9 Å². The number of esters is 1. The Morgan fingerprint density at radius 3 is 2.66 bits per heavy atom. The van der Waals surface area contributed by atoms with E-state index < -0.39 is 18.5 Å². The van der Waals surface area contributed by atoms with Crippen molar-refractivity contribution in [3.8, 4) is 23.0 Å². The SMILES string of the molecule is O=C(COC(=O)/C=C/c1ccc2c(c1)OCO2)Nc1cc(Cl)ccc1Oc1ccccc1. The van der Waals surface area contributed by atoms with E-state index in [4.69, 9.17) is 30.5 Å². The summed E-state index contributed by atoms with van der Waals surface area (Å²) in [4.78, 5) is 24.3. The monoisotopic (exact) mass is 451 g/mol. The molecule has 0 radical (unpaired) electrons. The summed E-state index contributed by atoms with van der Waals surface area (Å²) in [6.45, 7) is -0.300. The van der Waals surface area contributed by atoms with Crippen molar-refractivity contribution in [2.75, 3.05) is 18.7 Å². The minimum atomic E-state index is -0.662. The molecule has 32 heavy (non-hydrogen) atoms. The third kappa shape index (κ3) is 5.59. The summed E-state index contributed by atoms with van der Waals surface area (Å²) in [5.41, 5.74) is 1.09. The van der Waals surface area contributed by atoms with Crippen molar-refractivity contribution in [2.24, 2.45) is 0 Å². The molecule has 1 aliphatic rings. The number of nitrogens with one attached hydrogen (secondary N) is 1. The molecule has 0 saturated heterocycles. The molecule has 0 fully saturated rings. The van der Waals surface area contributed by atoms with Gasteiger partial charge in [0.05, 0.1) is 5.69 Å². The molecule has 0 saturated carbocycles. The Labute approximate surface area is 189 Å². The Bertz CT molecular complexity index is 1160. The van der Waals surface area contributed by atoms with Crippen molar-refractivity contribution in [1.29, 1.82) is 0 Å². The lowest BCUT2D eigenvalue weighted by atomic mass is 10.2. The second-order valence-electron chi connectivity index (χ2n) is 6.66. The van der Waals surface area contributed by atoms with E-state index in [1.807, 2.05) is 18.2 Å². The minimum Gasteiger partial charge on any atom is -0.455 e. The van der Waals surface area contributed by atoms with Gasteiger partial charge in [-0.05, 0) is 54.1 Å². The number of halogens is 1. The topological polar surface area (TPSA) is 83.1 Å². The molecule has 8 heteroatoms. The second kappa shape index (κ2) is 9.89. The molecule has 3 aromatic carbocycles. The lowest BCUT2D eigenvalue weighted by molar-refractivity contribution is -0.142.